The van der Waals surface area contributed by atoms with Crippen LogP contribution in [-0.2, 0) is 22.4 Å². The lowest BCUT2D eigenvalue weighted by Gasteiger charge is -2.43. The van der Waals surface area contributed by atoms with E-state index in [0.29, 0.717) is 60.6 Å². The minimum absolute atomic E-state index is 0.0659. The Morgan fingerprint density at radius 3 is 1.62 bits per heavy atom. The molecule has 0 aliphatic carbocycles. The number of hydrogen-bond acceptors (Lipinski definition) is 8. The molecule has 4 aliphatic heterocycles. The van der Waals surface area contributed by atoms with Gasteiger partial charge >= 0.3 is 0 Å². The van der Waals surface area contributed by atoms with E-state index in [-0.39, 0.29) is 48.6 Å². The van der Waals surface area contributed by atoms with Gasteiger partial charge in [0.25, 0.3) is 0 Å². The van der Waals surface area contributed by atoms with Crippen molar-refractivity contribution in [3.05, 3.63) is 46.5 Å². The van der Waals surface area contributed by atoms with Crippen molar-refractivity contribution in [2.45, 2.75) is 91.1 Å². The molecule has 0 amide bonds. The fourth-order valence-corrected chi connectivity index (χ4v) is 8.19. The molecular weight excluding hydrogens is 642 g/mol. The number of phenols is 2. The summed E-state index contributed by atoms with van der Waals surface area (Å²) in [7, 11) is 0. The summed E-state index contributed by atoms with van der Waals surface area (Å²) in [6.07, 6.45) is 5.32. The van der Waals surface area contributed by atoms with Crippen LogP contribution < -0.4 is 9.47 Å². The molecule has 0 aromatic heterocycles. The van der Waals surface area contributed by atoms with Crippen LogP contribution in [0.25, 0.3) is 0 Å². The van der Waals surface area contributed by atoms with Crippen molar-refractivity contribution in [3.8, 4) is 23.0 Å². The van der Waals surface area contributed by atoms with Gasteiger partial charge in [-0.05, 0) is 84.0 Å². The maximum Gasteiger partial charge on any atom is 0.161 e. The standard InChI is InChI=1S/C23H33F2NO3.C17H23NO3/c1-16(2)11-18-15-26-8-5-17-12-22(28-9-3-6-24)23(29-10-4-7-25)13-19(17)20(26)14-21(18)27;1-10(2)5-12-9-18-4-3-11-6-16(20)17(21)7-13(11)14(18)8-15(12)19/h12-13,16,18,20H,3-11,14-15H2,1-2H3;6-7,10,12,14,20-21H,3-5,8-9H2,1-2H3. The third-order valence-corrected chi connectivity index (χ3v) is 10.6. The number of carbonyl (C=O) groups is 2. The molecule has 4 heterocycles. The fourth-order valence-electron chi connectivity index (χ4n) is 8.19. The van der Waals surface area contributed by atoms with E-state index in [1.807, 2.05) is 12.1 Å². The third-order valence-electron chi connectivity index (χ3n) is 10.6. The zero-order chi connectivity index (χ0) is 35.9. The van der Waals surface area contributed by atoms with Crippen LogP contribution in [0.4, 0.5) is 8.78 Å². The Labute approximate surface area is 296 Å². The van der Waals surface area contributed by atoms with Crippen molar-refractivity contribution in [1.82, 2.24) is 9.80 Å². The second-order valence-corrected chi connectivity index (χ2v) is 15.3. The van der Waals surface area contributed by atoms with Gasteiger partial charge in [0.15, 0.2) is 23.0 Å². The van der Waals surface area contributed by atoms with Crippen LogP contribution >= 0.6 is 0 Å². The van der Waals surface area contributed by atoms with Crippen LogP contribution in [0, 0.1) is 23.7 Å². The Morgan fingerprint density at radius 1 is 0.700 bits per heavy atom. The smallest absolute Gasteiger partial charge is 0.161 e. The molecule has 50 heavy (non-hydrogen) atoms. The summed E-state index contributed by atoms with van der Waals surface area (Å²) in [6, 6.07) is 7.35. The number of aromatic hydroxyl groups is 2. The Kier molecular flexibility index (Phi) is 13.2. The summed E-state index contributed by atoms with van der Waals surface area (Å²) in [5, 5.41) is 19.4. The van der Waals surface area contributed by atoms with Gasteiger partial charge < -0.3 is 19.7 Å². The van der Waals surface area contributed by atoms with Gasteiger partial charge in [-0.15, -0.1) is 0 Å². The molecule has 2 saturated heterocycles. The lowest BCUT2D eigenvalue weighted by atomic mass is 9.80. The minimum atomic E-state index is -0.439. The van der Waals surface area contributed by atoms with Crippen LogP contribution in [-0.4, -0.2) is 84.3 Å². The molecule has 10 heteroatoms. The molecule has 0 bridgehead atoms. The summed E-state index contributed by atoms with van der Waals surface area (Å²) in [4.78, 5) is 30.0. The van der Waals surface area contributed by atoms with Gasteiger partial charge in [0.2, 0.25) is 0 Å². The van der Waals surface area contributed by atoms with Crippen molar-refractivity contribution >= 4 is 11.6 Å². The Hall–Kier alpha value is -3.24. The maximum atomic E-state index is 12.8. The minimum Gasteiger partial charge on any atom is -0.504 e. The van der Waals surface area contributed by atoms with Crippen LogP contribution in [0.5, 0.6) is 23.0 Å². The normalized spacial score (nSPS) is 23.4. The van der Waals surface area contributed by atoms with E-state index >= 15 is 0 Å². The number of piperidine rings is 2. The molecule has 4 unspecified atom stereocenters. The van der Waals surface area contributed by atoms with Gasteiger partial charge in [0.05, 0.1) is 26.6 Å². The van der Waals surface area contributed by atoms with E-state index in [0.717, 1.165) is 74.1 Å². The highest BCUT2D eigenvalue weighted by Crippen LogP contribution is 2.44. The third kappa shape index (κ3) is 9.15. The van der Waals surface area contributed by atoms with Crippen LogP contribution in [0.15, 0.2) is 24.3 Å². The molecule has 2 fully saturated rings. The average Bonchev–Trinajstić information content (AvgIpc) is 3.06. The Balaban J connectivity index is 0.000000204. The molecule has 276 valence electrons. The predicted molar refractivity (Wildman–Crippen MR) is 190 cm³/mol. The number of hydrogen-bond donors (Lipinski definition) is 2. The number of benzene rings is 2. The Morgan fingerprint density at radius 2 is 1.14 bits per heavy atom. The predicted octanol–water partition coefficient (Wildman–Crippen LogP) is 7.33. The van der Waals surface area contributed by atoms with Crippen molar-refractivity contribution in [2.24, 2.45) is 23.7 Å². The zero-order valence-corrected chi connectivity index (χ0v) is 30.3. The molecule has 2 aromatic carbocycles. The number of rotatable bonds is 12. The maximum absolute atomic E-state index is 12.8. The van der Waals surface area contributed by atoms with Crippen LogP contribution in [0.3, 0.4) is 0 Å². The number of phenolic OH excluding ortho intramolecular Hbond substituents is 2. The first-order valence-electron chi connectivity index (χ1n) is 18.6. The molecule has 4 aliphatic rings. The summed E-state index contributed by atoms with van der Waals surface area (Å²) in [5.41, 5.74) is 4.34. The molecule has 0 radical (unpaired) electrons. The summed E-state index contributed by atoms with van der Waals surface area (Å²) in [6.45, 7) is 11.8. The number of ether oxygens (including phenoxy) is 2. The van der Waals surface area contributed by atoms with Gasteiger partial charge in [0, 0.05) is 75.8 Å². The van der Waals surface area contributed by atoms with Gasteiger partial charge in [0.1, 0.15) is 11.6 Å². The van der Waals surface area contributed by atoms with Crippen molar-refractivity contribution < 1.29 is 38.1 Å². The largest absolute Gasteiger partial charge is 0.504 e. The second-order valence-electron chi connectivity index (χ2n) is 15.3. The Bertz CT molecular complexity index is 1480. The van der Waals surface area contributed by atoms with E-state index in [1.54, 1.807) is 12.1 Å². The van der Waals surface area contributed by atoms with Gasteiger partial charge in [-0.2, -0.15) is 0 Å². The van der Waals surface area contributed by atoms with Gasteiger partial charge in [-0.25, -0.2) is 0 Å². The number of fused-ring (bicyclic) bond motifs is 6. The van der Waals surface area contributed by atoms with Gasteiger partial charge in [-0.3, -0.25) is 28.2 Å². The monoisotopic (exact) mass is 698 g/mol. The molecule has 6 rings (SSSR count). The summed E-state index contributed by atoms with van der Waals surface area (Å²) in [5.74, 6) is 2.99. The van der Waals surface area contributed by atoms with E-state index in [9.17, 15) is 28.6 Å². The number of nitrogens with zero attached hydrogens (tertiary/aromatic N) is 2. The topological polar surface area (TPSA) is 99.5 Å². The number of Topliss-reactive ketones (excluding diaryl/α,β-unsaturated/α-hetero) is 2. The molecule has 2 aromatic rings. The molecule has 0 spiro atoms. The highest BCUT2D eigenvalue weighted by atomic mass is 19.1. The SMILES string of the molecule is CC(C)CC1CN2CCc3cc(O)c(O)cc3C2CC1=O.CC(C)CC1CN2CCc3cc(OCCCF)c(OCCCF)cc3C2CC1=O. The first kappa shape index (κ1) is 38.0. The van der Waals surface area contributed by atoms with Crippen LogP contribution in [0.2, 0.25) is 0 Å². The summed E-state index contributed by atoms with van der Waals surface area (Å²) >= 11 is 0. The second kappa shape index (κ2) is 17.3. The number of ketones is 2. The van der Waals surface area contributed by atoms with Crippen LogP contribution in [0.1, 0.15) is 101 Å². The van der Waals surface area contributed by atoms with Gasteiger partial charge in [-0.1, -0.05) is 27.7 Å². The molecule has 0 saturated carbocycles. The average molecular weight is 699 g/mol. The summed E-state index contributed by atoms with van der Waals surface area (Å²) < 4.78 is 36.5. The van der Waals surface area contributed by atoms with Crippen molar-refractivity contribution in [3.63, 3.8) is 0 Å². The molecule has 2 N–H and O–H groups in total. The molecule has 8 nitrogen and oxygen atoms in total. The lowest BCUT2D eigenvalue weighted by molar-refractivity contribution is -0.130. The highest BCUT2D eigenvalue weighted by molar-refractivity contribution is 5.83. The lowest BCUT2D eigenvalue weighted by Crippen LogP contribution is -2.46. The number of carbonyl (C=O) groups excluding carboxylic acids is 2. The first-order valence-corrected chi connectivity index (χ1v) is 18.6. The van der Waals surface area contributed by atoms with Crippen molar-refractivity contribution in [2.75, 3.05) is 52.7 Å². The number of halogens is 2. The van der Waals surface area contributed by atoms with E-state index in [4.69, 9.17) is 9.47 Å². The van der Waals surface area contributed by atoms with E-state index in [1.165, 1.54) is 0 Å². The zero-order valence-electron chi connectivity index (χ0n) is 30.3. The molecular formula is C40H56F2N2O6. The first-order chi connectivity index (χ1) is 24.0. The highest BCUT2D eigenvalue weighted by Gasteiger charge is 2.40. The van der Waals surface area contributed by atoms with E-state index < -0.39 is 13.3 Å². The van der Waals surface area contributed by atoms with E-state index in [2.05, 4.69) is 37.5 Å². The number of alkyl halides is 2. The molecule has 4 atom stereocenters. The van der Waals surface area contributed by atoms with Crippen molar-refractivity contribution in [1.29, 1.82) is 0 Å². The fraction of sp³-hybridized carbons (Fsp3) is 0.650. The quantitative estimate of drug-likeness (QED) is 0.176.